The normalized spacial score (nSPS) is 33.0. The van der Waals surface area contributed by atoms with Crippen molar-refractivity contribution in [3.63, 3.8) is 0 Å². The summed E-state index contributed by atoms with van der Waals surface area (Å²) in [7, 11) is 0. The topological polar surface area (TPSA) is 52.9 Å². The van der Waals surface area contributed by atoms with E-state index in [0.29, 0.717) is 13.2 Å². The number of aliphatic hydroxyl groups is 1. The molecule has 0 aliphatic carbocycles. The van der Waals surface area contributed by atoms with Gasteiger partial charge in [0.1, 0.15) is 0 Å². The van der Waals surface area contributed by atoms with E-state index in [9.17, 15) is 0 Å². The number of hydroxylamine groups is 2. The smallest absolute Gasteiger partial charge is 0.152 e. The van der Waals surface area contributed by atoms with Crippen LogP contribution in [-0.4, -0.2) is 41.4 Å². The van der Waals surface area contributed by atoms with Crippen LogP contribution in [0.3, 0.4) is 0 Å². The van der Waals surface area contributed by atoms with Crippen LogP contribution in [-0.2, 0) is 4.74 Å². The zero-order valence-electron chi connectivity index (χ0n) is 4.45. The molecule has 0 aromatic rings. The van der Waals surface area contributed by atoms with Crippen LogP contribution in [0, 0.1) is 0 Å². The van der Waals surface area contributed by atoms with Crippen LogP contribution < -0.4 is 0 Å². The maximum atomic E-state index is 8.73. The Kier molecular flexibility index (Phi) is 1.80. The molecule has 1 unspecified atom stereocenters. The Morgan fingerprint density at radius 1 is 1.62 bits per heavy atom. The van der Waals surface area contributed by atoms with Crippen LogP contribution in [0.15, 0.2) is 0 Å². The van der Waals surface area contributed by atoms with Crippen LogP contribution >= 0.6 is 0 Å². The summed E-state index contributed by atoms with van der Waals surface area (Å²) in [5, 5.41) is 18.3. The minimum Gasteiger partial charge on any atom is -0.376 e. The molecule has 2 N–H and O–H groups in total. The lowest BCUT2D eigenvalue weighted by atomic mass is 10.5. The molecule has 4 nitrogen and oxygen atoms in total. The van der Waals surface area contributed by atoms with Gasteiger partial charge in [0.15, 0.2) is 6.23 Å². The Bertz CT molecular complexity index is 67.7. The molecule has 1 aliphatic rings. The van der Waals surface area contributed by atoms with E-state index in [1.165, 1.54) is 0 Å². The number of morpholine rings is 1. The van der Waals surface area contributed by atoms with Crippen LogP contribution in [0.2, 0.25) is 0 Å². The van der Waals surface area contributed by atoms with Crippen molar-refractivity contribution in [1.29, 1.82) is 0 Å². The lowest BCUT2D eigenvalue weighted by molar-refractivity contribution is -0.243. The van der Waals surface area contributed by atoms with Crippen LogP contribution in [0.25, 0.3) is 0 Å². The fraction of sp³-hybridized carbons (Fsp3) is 1.00. The fourth-order valence-electron chi connectivity index (χ4n) is 0.582. The number of hydrogen-bond donors (Lipinski definition) is 2. The maximum absolute atomic E-state index is 8.73. The highest BCUT2D eigenvalue weighted by molar-refractivity contribution is 4.54. The van der Waals surface area contributed by atoms with Gasteiger partial charge in [0.05, 0.1) is 19.8 Å². The molecule has 0 saturated carbocycles. The molecule has 48 valence electrons. The predicted molar refractivity (Wildman–Crippen MR) is 25.3 cm³/mol. The first-order valence-corrected chi connectivity index (χ1v) is 2.52. The molecule has 0 spiro atoms. The number of aliphatic hydroxyl groups excluding tert-OH is 1. The second kappa shape index (κ2) is 2.41. The standard InChI is InChI=1S/C4H9NO3/c6-4-3-8-2-1-5(4)7/h4,6-7H,1-3H2. The van der Waals surface area contributed by atoms with Gasteiger partial charge in [-0.2, -0.15) is 5.06 Å². The third-order valence-corrected chi connectivity index (χ3v) is 1.08. The van der Waals surface area contributed by atoms with Crippen molar-refractivity contribution in [2.45, 2.75) is 6.23 Å². The molecular formula is C4H9NO3. The third kappa shape index (κ3) is 1.16. The first kappa shape index (κ1) is 5.97. The van der Waals surface area contributed by atoms with Crippen LogP contribution in [0.5, 0.6) is 0 Å². The molecule has 1 atom stereocenters. The Labute approximate surface area is 47.2 Å². The molecule has 0 bridgehead atoms. The second-order valence-electron chi connectivity index (χ2n) is 1.72. The van der Waals surface area contributed by atoms with Crippen molar-refractivity contribution in [1.82, 2.24) is 5.06 Å². The van der Waals surface area contributed by atoms with Crippen molar-refractivity contribution in [3.05, 3.63) is 0 Å². The minimum absolute atomic E-state index is 0.205. The lowest BCUT2D eigenvalue weighted by Gasteiger charge is -2.25. The summed E-state index contributed by atoms with van der Waals surface area (Å²) in [5.74, 6) is 0. The third-order valence-electron chi connectivity index (χ3n) is 1.08. The molecule has 1 rings (SSSR count). The van der Waals surface area contributed by atoms with E-state index in [4.69, 9.17) is 15.1 Å². The summed E-state index contributed by atoms with van der Waals surface area (Å²) in [5.41, 5.74) is 0. The van der Waals surface area contributed by atoms with Gasteiger partial charge in [-0.1, -0.05) is 0 Å². The summed E-state index contributed by atoms with van der Waals surface area (Å²) >= 11 is 0. The summed E-state index contributed by atoms with van der Waals surface area (Å²) in [4.78, 5) is 0. The highest BCUT2D eigenvalue weighted by Crippen LogP contribution is 1.97. The van der Waals surface area contributed by atoms with Gasteiger partial charge < -0.3 is 15.1 Å². The first-order valence-electron chi connectivity index (χ1n) is 2.52. The van der Waals surface area contributed by atoms with Gasteiger partial charge in [0.25, 0.3) is 0 Å². The average Bonchev–Trinajstić information content (AvgIpc) is 1.77. The number of ether oxygens (including phenoxy) is 1. The number of hydrogen-bond acceptors (Lipinski definition) is 4. The highest BCUT2D eigenvalue weighted by atomic mass is 16.6. The van der Waals surface area contributed by atoms with E-state index >= 15 is 0 Å². The van der Waals surface area contributed by atoms with E-state index in [0.717, 1.165) is 5.06 Å². The molecule has 0 aromatic carbocycles. The predicted octanol–water partition coefficient (Wildman–Crippen LogP) is -0.974. The summed E-state index contributed by atoms with van der Waals surface area (Å²) in [6.07, 6.45) is -0.830. The Hall–Kier alpha value is -0.160. The van der Waals surface area contributed by atoms with E-state index in [1.54, 1.807) is 0 Å². The molecule has 4 heteroatoms. The van der Waals surface area contributed by atoms with E-state index in [-0.39, 0.29) is 6.61 Å². The molecule has 0 aromatic heterocycles. The lowest BCUT2D eigenvalue weighted by Crippen LogP contribution is -2.42. The first-order chi connectivity index (χ1) is 3.80. The SMILES string of the molecule is OC1COCCN1O. The monoisotopic (exact) mass is 119 g/mol. The van der Waals surface area contributed by atoms with Gasteiger partial charge in [-0.25, -0.2) is 0 Å². The molecule has 1 saturated heterocycles. The Balaban J connectivity index is 2.28. The van der Waals surface area contributed by atoms with E-state index in [2.05, 4.69) is 0 Å². The summed E-state index contributed by atoms with van der Waals surface area (Å²) in [6, 6.07) is 0. The highest BCUT2D eigenvalue weighted by Gasteiger charge is 2.16. The zero-order chi connectivity index (χ0) is 5.98. The zero-order valence-corrected chi connectivity index (χ0v) is 4.45. The van der Waals surface area contributed by atoms with Crippen molar-refractivity contribution in [2.75, 3.05) is 19.8 Å². The van der Waals surface area contributed by atoms with Crippen molar-refractivity contribution in [3.8, 4) is 0 Å². The Morgan fingerprint density at radius 2 is 2.38 bits per heavy atom. The van der Waals surface area contributed by atoms with E-state index in [1.807, 2.05) is 0 Å². The van der Waals surface area contributed by atoms with Gasteiger partial charge in [-0.3, -0.25) is 0 Å². The fourth-order valence-corrected chi connectivity index (χ4v) is 0.582. The maximum Gasteiger partial charge on any atom is 0.152 e. The van der Waals surface area contributed by atoms with Gasteiger partial charge in [0, 0.05) is 0 Å². The largest absolute Gasteiger partial charge is 0.376 e. The van der Waals surface area contributed by atoms with E-state index < -0.39 is 6.23 Å². The van der Waals surface area contributed by atoms with Crippen LogP contribution in [0.4, 0.5) is 0 Å². The number of nitrogens with zero attached hydrogens (tertiary/aromatic N) is 1. The minimum atomic E-state index is -0.830. The van der Waals surface area contributed by atoms with Gasteiger partial charge >= 0.3 is 0 Å². The average molecular weight is 119 g/mol. The molecule has 1 fully saturated rings. The molecule has 0 radical (unpaired) electrons. The van der Waals surface area contributed by atoms with Crippen molar-refractivity contribution < 1.29 is 15.1 Å². The van der Waals surface area contributed by atoms with Crippen LogP contribution in [0.1, 0.15) is 0 Å². The summed E-state index contributed by atoms with van der Waals surface area (Å²) < 4.78 is 4.80. The van der Waals surface area contributed by atoms with Gasteiger partial charge in [-0.15, -0.1) is 0 Å². The molecule has 1 aliphatic heterocycles. The summed E-state index contributed by atoms with van der Waals surface area (Å²) in [6.45, 7) is 1.09. The van der Waals surface area contributed by atoms with Gasteiger partial charge in [0.2, 0.25) is 0 Å². The Morgan fingerprint density at radius 3 is 2.75 bits per heavy atom. The molecule has 0 amide bonds. The quantitative estimate of drug-likeness (QED) is 0.430. The molecule has 1 heterocycles. The molecule has 8 heavy (non-hydrogen) atoms. The molecular weight excluding hydrogens is 110 g/mol. The van der Waals surface area contributed by atoms with Crippen molar-refractivity contribution in [2.24, 2.45) is 0 Å². The second-order valence-corrected chi connectivity index (χ2v) is 1.72. The number of rotatable bonds is 0. The van der Waals surface area contributed by atoms with Crippen molar-refractivity contribution >= 4 is 0 Å². The van der Waals surface area contributed by atoms with Gasteiger partial charge in [-0.05, 0) is 0 Å².